The predicted octanol–water partition coefficient (Wildman–Crippen LogP) is 4.31. The summed E-state index contributed by atoms with van der Waals surface area (Å²) in [5.41, 5.74) is 3.83. The van der Waals surface area contributed by atoms with Crippen molar-refractivity contribution in [1.82, 2.24) is 24.1 Å². The van der Waals surface area contributed by atoms with Gasteiger partial charge in [-0.25, -0.2) is 4.98 Å². The highest BCUT2D eigenvalue weighted by molar-refractivity contribution is 7.98. The predicted molar refractivity (Wildman–Crippen MR) is 118 cm³/mol. The zero-order valence-corrected chi connectivity index (χ0v) is 17.5. The molecule has 3 heterocycles. The lowest BCUT2D eigenvalue weighted by Crippen LogP contribution is -2.13. The smallest absolute Gasteiger partial charge is 0.259 e. The number of benzene rings is 2. The van der Waals surface area contributed by atoms with Gasteiger partial charge >= 0.3 is 0 Å². The Balaban J connectivity index is 1.43. The molecule has 8 heteroatoms. The maximum atomic E-state index is 12.7. The van der Waals surface area contributed by atoms with Gasteiger partial charge in [-0.15, -0.1) is 10.2 Å². The van der Waals surface area contributed by atoms with E-state index in [2.05, 4.69) is 29.3 Å². The van der Waals surface area contributed by atoms with Crippen LogP contribution in [0.3, 0.4) is 0 Å². The Bertz CT molecular complexity index is 1400. The van der Waals surface area contributed by atoms with Crippen LogP contribution in [0.5, 0.6) is 0 Å². The third kappa shape index (κ3) is 3.24. The molecule has 0 radical (unpaired) electrons. The second-order valence-electron chi connectivity index (χ2n) is 6.79. The lowest BCUT2D eigenvalue weighted by Gasteiger charge is -2.04. The molecule has 3 aromatic heterocycles. The third-order valence-electron chi connectivity index (χ3n) is 4.74. The van der Waals surface area contributed by atoms with Crippen LogP contribution in [0.25, 0.3) is 26.6 Å². The van der Waals surface area contributed by atoms with Crippen molar-refractivity contribution >= 4 is 38.3 Å². The van der Waals surface area contributed by atoms with E-state index in [0.29, 0.717) is 10.7 Å². The summed E-state index contributed by atoms with van der Waals surface area (Å²) in [5.74, 6) is 1.38. The summed E-state index contributed by atoms with van der Waals surface area (Å²) in [6.45, 7) is 2.06. The molecule has 0 bridgehead atoms. The summed E-state index contributed by atoms with van der Waals surface area (Å²) in [5, 5.41) is 9.44. The van der Waals surface area contributed by atoms with Gasteiger partial charge in [0.15, 0.2) is 15.9 Å². The van der Waals surface area contributed by atoms with E-state index in [1.807, 2.05) is 48.0 Å². The van der Waals surface area contributed by atoms with Gasteiger partial charge in [-0.3, -0.25) is 9.20 Å². The molecule has 0 saturated heterocycles. The quantitative estimate of drug-likeness (QED) is 0.406. The Hall–Kier alpha value is -2.97. The van der Waals surface area contributed by atoms with Crippen LogP contribution in [0.1, 0.15) is 11.3 Å². The fraction of sp³-hybridized carbons (Fsp3) is 0.143. The molecule has 5 rings (SSSR count). The van der Waals surface area contributed by atoms with Crippen molar-refractivity contribution in [2.24, 2.45) is 7.05 Å². The van der Waals surface area contributed by atoms with E-state index in [1.54, 1.807) is 10.5 Å². The average molecular weight is 420 g/mol. The topological polar surface area (TPSA) is 65.1 Å². The Kier molecular flexibility index (Phi) is 4.44. The lowest BCUT2D eigenvalue weighted by molar-refractivity contribution is 0.793. The Morgan fingerprint density at radius 2 is 1.86 bits per heavy atom. The van der Waals surface area contributed by atoms with Crippen LogP contribution in [0.2, 0.25) is 0 Å². The molecular formula is C21H17N5OS2. The first-order chi connectivity index (χ1) is 14.1. The van der Waals surface area contributed by atoms with Crippen molar-refractivity contribution in [2.45, 2.75) is 17.8 Å². The van der Waals surface area contributed by atoms with Crippen LogP contribution in [0.4, 0.5) is 0 Å². The molecule has 0 aliphatic rings. The standard InChI is InChI=1S/C21H17N5OS2/c1-13-7-9-14(10-8-13)19-23-24-21(25(19)2)28-12-15-11-18(27)26-16-5-3-4-6-17(16)29-20(26)22-15/h3-11H,12H2,1-2H3. The second kappa shape index (κ2) is 7.13. The minimum atomic E-state index is -0.0543. The molecule has 6 nitrogen and oxygen atoms in total. The van der Waals surface area contributed by atoms with E-state index < -0.39 is 0 Å². The van der Waals surface area contributed by atoms with Crippen LogP contribution in [0, 0.1) is 6.92 Å². The van der Waals surface area contributed by atoms with Gasteiger partial charge in [0, 0.05) is 24.4 Å². The van der Waals surface area contributed by atoms with Crippen molar-refractivity contribution < 1.29 is 0 Å². The molecule has 0 spiro atoms. The first-order valence-corrected chi connectivity index (χ1v) is 10.9. The molecule has 0 aliphatic heterocycles. The van der Waals surface area contributed by atoms with Crippen molar-refractivity contribution in [3.63, 3.8) is 0 Å². The highest BCUT2D eigenvalue weighted by Crippen LogP contribution is 2.27. The molecule has 5 aromatic rings. The van der Waals surface area contributed by atoms with E-state index in [0.717, 1.165) is 32.5 Å². The number of aryl methyl sites for hydroxylation is 1. The molecule has 144 valence electrons. The summed E-state index contributed by atoms with van der Waals surface area (Å²) in [6, 6.07) is 17.7. The fourth-order valence-electron chi connectivity index (χ4n) is 3.23. The van der Waals surface area contributed by atoms with E-state index in [-0.39, 0.29) is 5.56 Å². The number of nitrogens with zero attached hydrogens (tertiary/aromatic N) is 5. The van der Waals surface area contributed by atoms with Crippen molar-refractivity contribution in [1.29, 1.82) is 0 Å². The van der Waals surface area contributed by atoms with Gasteiger partial charge in [-0.05, 0) is 19.1 Å². The summed E-state index contributed by atoms with van der Waals surface area (Å²) in [7, 11) is 1.95. The number of rotatable bonds is 4. The highest BCUT2D eigenvalue weighted by Gasteiger charge is 2.13. The van der Waals surface area contributed by atoms with Crippen LogP contribution >= 0.6 is 23.1 Å². The van der Waals surface area contributed by atoms with Gasteiger partial charge in [0.05, 0.1) is 15.9 Å². The number of aromatic nitrogens is 5. The number of para-hydroxylation sites is 1. The van der Waals surface area contributed by atoms with Crippen LogP contribution in [0.15, 0.2) is 64.5 Å². The Labute approximate surface area is 174 Å². The van der Waals surface area contributed by atoms with Crippen LogP contribution in [-0.2, 0) is 12.8 Å². The van der Waals surface area contributed by atoms with Gasteiger partial charge in [0.2, 0.25) is 0 Å². The minimum Gasteiger partial charge on any atom is -0.305 e. The number of fused-ring (bicyclic) bond motifs is 3. The number of thiazole rings is 1. The van der Waals surface area contributed by atoms with Crippen molar-refractivity contribution in [3.05, 3.63) is 76.2 Å². The number of hydrogen-bond donors (Lipinski definition) is 0. The largest absolute Gasteiger partial charge is 0.305 e. The van der Waals surface area contributed by atoms with E-state index in [4.69, 9.17) is 4.98 Å². The first kappa shape index (κ1) is 18.1. The third-order valence-corrected chi connectivity index (χ3v) is 6.82. The van der Waals surface area contributed by atoms with Crippen molar-refractivity contribution in [2.75, 3.05) is 0 Å². The molecule has 0 fully saturated rings. The van der Waals surface area contributed by atoms with E-state index in [1.165, 1.54) is 28.7 Å². The fourth-order valence-corrected chi connectivity index (χ4v) is 5.08. The number of thioether (sulfide) groups is 1. The van der Waals surface area contributed by atoms with Crippen molar-refractivity contribution in [3.8, 4) is 11.4 Å². The molecular weight excluding hydrogens is 402 g/mol. The molecule has 29 heavy (non-hydrogen) atoms. The zero-order chi connectivity index (χ0) is 20.0. The van der Waals surface area contributed by atoms with Gasteiger partial charge in [-0.1, -0.05) is 65.1 Å². The average Bonchev–Trinajstić information content (AvgIpc) is 3.27. The summed E-state index contributed by atoms with van der Waals surface area (Å²) in [4.78, 5) is 18.1. The van der Waals surface area contributed by atoms with Gasteiger partial charge in [-0.2, -0.15) is 0 Å². The first-order valence-electron chi connectivity index (χ1n) is 9.09. The molecule has 0 aliphatic carbocycles. The molecule has 0 amide bonds. The van der Waals surface area contributed by atoms with E-state index >= 15 is 0 Å². The maximum Gasteiger partial charge on any atom is 0.259 e. The Morgan fingerprint density at radius 3 is 2.69 bits per heavy atom. The monoisotopic (exact) mass is 419 g/mol. The maximum absolute atomic E-state index is 12.7. The Morgan fingerprint density at radius 1 is 1.07 bits per heavy atom. The summed E-state index contributed by atoms with van der Waals surface area (Å²) in [6.07, 6.45) is 0. The molecule has 0 N–H and O–H groups in total. The molecule has 0 saturated carbocycles. The minimum absolute atomic E-state index is 0.0543. The molecule has 0 unspecified atom stereocenters. The van der Waals surface area contributed by atoms with Gasteiger partial charge in [0.25, 0.3) is 5.56 Å². The van der Waals surface area contributed by atoms with Crippen LogP contribution in [-0.4, -0.2) is 24.1 Å². The van der Waals surface area contributed by atoms with Gasteiger partial charge < -0.3 is 4.57 Å². The number of hydrogen-bond acceptors (Lipinski definition) is 6. The zero-order valence-electron chi connectivity index (χ0n) is 15.9. The normalized spacial score (nSPS) is 11.5. The van der Waals surface area contributed by atoms with Gasteiger partial charge in [0.1, 0.15) is 0 Å². The molecule has 0 atom stereocenters. The SMILES string of the molecule is Cc1ccc(-c2nnc(SCc3cc(=O)n4c(n3)sc3ccccc34)n2C)cc1. The summed E-state index contributed by atoms with van der Waals surface area (Å²) >= 11 is 3.05. The molecule has 2 aromatic carbocycles. The lowest BCUT2D eigenvalue weighted by atomic mass is 10.1. The van der Waals surface area contributed by atoms with Crippen LogP contribution < -0.4 is 5.56 Å². The van der Waals surface area contributed by atoms with E-state index in [9.17, 15) is 4.79 Å². The summed E-state index contributed by atoms with van der Waals surface area (Å²) < 4.78 is 4.70. The second-order valence-corrected chi connectivity index (χ2v) is 8.74. The highest BCUT2D eigenvalue weighted by atomic mass is 32.2.